The molecule has 1 N–H and O–H groups in total. The Hall–Kier alpha value is -1.29. The highest BCUT2D eigenvalue weighted by Crippen LogP contribution is 2.28. The molecule has 0 aliphatic heterocycles. The first-order valence-electron chi connectivity index (χ1n) is 6.36. The van der Waals surface area contributed by atoms with E-state index in [4.69, 9.17) is 17.0 Å². The van der Waals surface area contributed by atoms with Crippen molar-refractivity contribution >= 4 is 23.3 Å². The quantitative estimate of drug-likeness (QED) is 0.834. The molecule has 2 rings (SSSR count). The highest BCUT2D eigenvalue weighted by Gasteiger charge is 2.16. The molecule has 0 spiro atoms. The molecule has 0 bridgehead atoms. The predicted octanol–water partition coefficient (Wildman–Crippen LogP) is 4.31. The summed E-state index contributed by atoms with van der Waals surface area (Å²) in [5.41, 5.74) is 2.18. The van der Waals surface area contributed by atoms with E-state index < -0.39 is 0 Å². The number of aromatic nitrogens is 2. The van der Waals surface area contributed by atoms with E-state index in [9.17, 15) is 0 Å². The molecule has 0 fully saturated rings. The number of H-pyrrole nitrogens is 1. The molecule has 0 aliphatic carbocycles. The SMILES string of the molecule is CCC(C)C(C)n1c(=S)[nH]c2ccc(OC)cc21. The molecule has 1 aromatic carbocycles. The Morgan fingerprint density at radius 1 is 1.39 bits per heavy atom. The fourth-order valence-corrected chi connectivity index (χ4v) is 2.60. The summed E-state index contributed by atoms with van der Waals surface area (Å²) in [6, 6.07) is 6.39. The lowest BCUT2D eigenvalue weighted by Crippen LogP contribution is -2.13. The van der Waals surface area contributed by atoms with Crippen LogP contribution in [0.2, 0.25) is 0 Å². The van der Waals surface area contributed by atoms with Gasteiger partial charge in [0.05, 0.1) is 18.1 Å². The van der Waals surface area contributed by atoms with Gasteiger partial charge in [0.15, 0.2) is 4.77 Å². The monoisotopic (exact) mass is 264 g/mol. The average molecular weight is 264 g/mol. The normalized spacial score (nSPS) is 14.7. The van der Waals surface area contributed by atoms with Crippen LogP contribution in [0.3, 0.4) is 0 Å². The second-order valence-corrected chi connectivity index (χ2v) is 5.20. The molecule has 0 radical (unpaired) electrons. The van der Waals surface area contributed by atoms with E-state index in [0.29, 0.717) is 12.0 Å². The minimum atomic E-state index is 0.378. The van der Waals surface area contributed by atoms with Gasteiger partial charge in [-0.3, -0.25) is 0 Å². The molecule has 1 aromatic heterocycles. The van der Waals surface area contributed by atoms with Crippen molar-refractivity contribution in [1.82, 2.24) is 9.55 Å². The van der Waals surface area contributed by atoms with Crippen molar-refractivity contribution in [2.24, 2.45) is 5.92 Å². The zero-order valence-corrected chi connectivity index (χ0v) is 12.2. The highest BCUT2D eigenvalue weighted by atomic mass is 32.1. The van der Waals surface area contributed by atoms with Gasteiger partial charge < -0.3 is 14.3 Å². The number of benzene rings is 1. The third-order valence-electron chi connectivity index (χ3n) is 3.80. The first-order valence-corrected chi connectivity index (χ1v) is 6.77. The molecule has 0 aliphatic rings. The first-order chi connectivity index (χ1) is 8.58. The number of methoxy groups -OCH3 is 1. The van der Waals surface area contributed by atoms with Crippen molar-refractivity contribution in [3.8, 4) is 5.75 Å². The third kappa shape index (κ3) is 2.17. The van der Waals surface area contributed by atoms with E-state index in [2.05, 4.69) is 30.3 Å². The Kier molecular flexibility index (Phi) is 3.76. The van der Waals surface area contributed by atoms with E-state index in [0.717, 1.165) is 28.0 Å². The van der Waals surface area contributed by atoms with Gasteiger partial charge >= 0.3 is 0 Å². The first kappa shape index (κ1) is 13.1. The summed E-state index contributed by atoms with van der Waals surface area (Å²) in [5, 5.41) is 0. The topological polar surface area (TPSA) is 29.9 Å². The largest absolute Gasteiger partial charge is 0.497 e. The molecule has 18 heavy (non-hydrogen) atoms. The number of nitrogens with one attached hydrogen (secondary N) is 1. The summed E-state index contributed by atoms with van der Waals surface area (Å²) in [6.45, 7) is 6.68. The number of hydrogen-bond donors (Lipinski definition) is 1. The third-order valence-corrected chi connectivity index (χ3v) is 4.10. The van der Waals surface area contributed by atoms with Crippen LogP contribution in [-0.2, 0) is 0 Å². The van der Waals surface area contributed by atoms with Crippen LogP contribution in [0.4, 0.5) is 0 Å². The van der Waals surface area contributed by atoms with Crippen LogP contribution in [0.15, 0.2) is 18.2 Å². The molecule has 0 saturated heterocycles. The number of fused-ring (bicyclic) bond motifs is 1. The number of ether oxygens (including phenoxy) is 1. The zero-order valence-electron chi connectivity index (χ0n) is 11.4. The van der Waals surface area contributed by atoms with Gasteiger partial charge in [-0.2, -0.15) is 0 Å². The van der Waals surface area contributed by atoms with Crippen LogP contribution in [0, 0.1) is 10.7 Å². The lowest BCUT2D eigenvalue weighted by atomic mass is 10.0. The van der Waals surface area contributed by atoms with Gasteiger partial charge in [0.2, 0.25) is 0 Å². The molecule has 1 heterocycles. The van der Waals surface area contributed by atoms with E-state index in [1.54, 1.807) is 7.11 Å². The van der Waals surface area contributed by atoms with Crippen LogP contribution in [0.1, 0.15) is 33.2 Å². The number of aromatic amines is 1. The Labute approximate surface area is 113 Å². The smallest absolute Gasteiger partial charge is 0.178 e. The fourth-order valence-electron chi connectivity index (χ4n) is 2.23. The number of imidazole rings is 1. The maximum atomic E-state index is 5.44. The van der Waals surface area contributed by atoms with Crippen LogP contribution >= 0.6 is 12.2 Å². The lowest BCUT2D eigenvalue weighted by Gasteiger charge is -2.21. The van der Waals surface area contributed by atoms with Gasteiger partial charge in [-0.1, -0.05) is 20.3 Å². The summed E-state index contributed by atoms with van der Waals surface area (Å²) in [5.74, 6) is 1.45. The molecule has 2 aromatic rings. The van der Waals surface area contributed by atoms with Crippen molar-refractivity contribution in [2.45, 2.75) is 33.2 Å². The van der Waals surface area contributed by atoms with Crippen LogP contribution in [0.25, 0.3) is 11.0 Å². The minimum absolute atomic E-state index is 0.378. The molecule has 2 atom stereocenters. The van der Waals surface area contributed by atoms with Crippen molar-refractivity contribution < 1.29 is 4.74 Å². The van der Waals surface area contributed by atoms with Crippen molar-refractivity contribution in [1.29, 1.82) is 0 Å². The fraction of sp³-hybridized carbons (Fsp3) is 0.500. The van der Waals surface area contributed by atoms with Crippen molar-refractivity contribution in [3.63, 3.8) is 0 Å². The summed E-state index contributed by atoms with van der Waals surface area (Å²) in [6.07, 6.45) is 1.14. The zero-order chi connectivity index (χ0) is 13.3. The number of nitrogens with zero attached hydrogens (tertiary/aromatic N) is 1. The van der Waals surface area contributed by atoms with Crippen molar-refractivity contribution in [3.05, 3.63) is 23.0 Å². The molecular formula is C14H20N2OS. The van der Waals surface area contributed by atoms with E-state index in [-0.39, 0.29) is 0 Å². The molecule has 4 heteroatoms. The molecule has 3 nitrogen and oxygen atoms in total. The molecule has 0 amide bonds. The second-order valence-electron chi connectivity index (χ2n) is 4.81. The van der Waals surface area contributed by atoms with E-state index >= 15 is 0 Å². The maximum Gasteiger partial charge on any atom is 0.178 e. The summed E-state index contributed by atoms with van der Waals surface area (Å²) >= 11 is 5.44. The van der Waals surface area contributed by atoms with Crippen molar-refractivity contribution in [2.75, 3.05) is 7.11 Å². The van der Waals surface area contributed by atoms with Crippen LogP contribution in [-0.4, -0.2) is 16.7 Å². The van der Waals surface area contributed by atoms with E-state index in [1.165, 1.54) is 0 Å². The predicted molar refractivity (Wildman–Crippen MR) is 77.8 cm³/mol. The summed E-state index contributed by atoms with van der Waals surface area (Å²) in [4.78, 5) is 3.26. The lowest BCUT2D eigenvalue weighted by molar-refractivity contribution is 0.374. The van der Waals surface area contributed by atoms with Gasteiger partial charge in [-0.15, -0.1) is 0 Å². The molecule has 98 valence electrons. The number of hydrogen-bond acceptors (Lipinski definition) is 2. The Morgan fingerprint density at radius 3 is 2.72 bits per heavy atom. The summed E-state index contributed by atoms with van der Waals surface area (Å²) < 4.78 is 8.27. The van der Waals surface area contributed by atoms with Crippen LogP contribution < -0.4 is 4.74 Å². The van der Waals surface area contributed by atoms with Gasteiger partial charge in [0, 0.05) is 12.1 Å². The minimum Gasteiger partial charge on any atom is -0.497 e. The van der Waals surface area contributed by atoms with Gasteiger partial charge in [-0.05, 0) is 37.2 Å². The molecule has 2 unspecified atom stereocenters. The Morgan fingerprint density at radius 2 is 2.11 bits per heavy atom. The molecule has 0 saturated carbocycles. The number of rotatable bonds is 4. The maximum absolute atomic E-state index is 5.44. The van der Waals surface area contributed by atoms with Crippen LogP contribution in [0.5, 0.6) is 5.75 Å². The Balaban J connectivity index is 2.61. The highest BCUT2D eigenvalue weighted by molar-refractivity contribution is 7.71. The Bertz CT molecular complexity index is 599. The molecular weight excluding hydrogens is 244 g/mol. The van der Waals surface area contributed by atoms with Gasteiger partial charge in [0.25, 0.3) is 0 Å². The van der Waals surface area contributed by atoms with Gasteiger partial charge in [-0.25, -0.2) is 0 Å². The summed E-state index contributed by atoms with van der Waals surface area (Å²) in [7, 11) is 1.69. The van der Waals surface area contributed by atoms with Gasteiger partial charge in [0.1, 0.15) is 5.75 Å². The van der Waals surface area contributed by atoms with E-state index in [1.807, 2.05) is 18.2 Å². The second kappa shape index (κ2) is 5.14. The standard InChI is InChI=1S/C14H20N2OS/c1-5-9(2)10(3)16-13-8-11(17-4)6-7-12(13)15-14(16)18/h6-10H,5H2,1-4H3,(H,15,18). The average Bonchev–Trinajstić information content (AvgIpc) is 2.71.